The van der Waals surface area contributed by atoms with E-state index in [9.17, 15) is 13.2 Å². The van der Waals surface area contributed by atoms with Crippen molar-refractivity contribution >= 4 is 44.8 Å². The first-order chi connectivity index (χ1) is 13.3. The fourth-order valence-corrected chi connectivity index (χ4v) is 5.09. The van der Waals surface area contributed by atoms with Crippen LogP contribution in [0.15, 0.2) is 47.4 Å². The summed E-state index contributed by atoms with van der Waals surface area (Å²) < 4.78 is 26.9. The smallest absolute Gasteiger partial charge is 0.244 e. The van der Waals surface area contributed by atoms with Gasteiger partial charge < -0.3 is 5.32 Å². The van der Waals surface area contributed by atoms with Gasteiger partial charge in [0.15, 0.2) is 0 Å². The number of aryl methyl sites for hydroxylation is 1. The first-order valence-electron chi connectivity index (χ1n) is 8.80. The maximum atomic E-state index is 12.8. The van der Waals surface area contributed by atoms with Gasteiger partial charge in [-0.2, -0.15) is 4.31 Å². The molecule has 1 N–H and O–H groups in total. The van der Waals surface area contributed by atoms with Crippen LogP contribution < -0.4 is 5.32 Å². The van der Waals surface area contributed by atoms with E-state index in [1.165, 1.54) is 10.4 Å². The molecule has 3 rings (SSSR count). The van der Waals surface area contributed by atoms with Gasteiger partial charge in [-0.15, -0.1) is 0 Å². The number of carbonyl (C=O) groups excluding carboxylic acids is 1. The molecule has 0 bridgehead atoms. The van der Waals surface area contributed by atoms with Crippen molar-refractivity contribution in [2.24, 2.45) is 0 Å². The SMILES string of the molecule is Cc1ccc(NC(=O)CN2CCN(S(=O)(=O)c3ccccc3Cl)CC2)cc1Cl. The van der Waals surface area contributed by atoms with Crippen molar-refractivity contribution in [1.29, 1.82) is 0 Å². The van der Waals surface area contributed by atoms with Crippen molar-refractivity contribution in [3.05, 3.63) is 58.1 Å². The highest BCUT2D eigenvalue weighted by Gasteiger charge is 2.30. The molecule has 9 heteroatoms. The molecular formula is C19H21Cl2N3O3S. The van der Waals surface area contributed by atoms with E-state index in [0.717, 1.165) is 5.56 Å². The molecular weight excluding hydrogens is 421 g/mol. The van der Waals surface area contributed by atoms with Gasteiger partial charge in [0.05, 0.1) is 11.6 Å². The molecule has 0 aliphatic carbocycles. The number of hydrogen-bond donors (Lipinski definition) is 1. The van der Waals surface area contributed by atoms with Gasteiger partial charge in [0.2, 0.25) is 15.9 Å². The number of carbonyl (C=O) groups is 1. The molecule has 0 aromatic heterocycles. The van der Waals surface area contributed by atoms with Crippen LogP contribution in [0.2, 0.25) is 10.0 Å². The Morgan fingerprint density at radius 1 is 1.04 bits per heavy atom. The van der Waals surface area contributed by atoms with Gasteiger partial charge >= 0.3 is 0 Å². The fraction of sp³-hybridized carbons (Fsp3) is 0.316. The van der Waals surface area contributed by atoms with E-state index in [4.69, 9.17) is 23.2 Å². The standard InChI is InChI=1S/C19H21Cl2N3O3S/c1-14-6-7-15(12-17(14)21)22-19(25)13-23-8-10-24(11-9-23)28(26,27)18-5-3-2-4-16(18)20/h2-7,12H,8-11,13H2,1H3,(H,22,25). The van der Waals surface area contributed by atoms with Crippen LogP contribution in [-0.2, 0) is 14.8 Å². The quantitative estimate of drug-likeness (QED) is 0.772. The maximum absolute atomic E-state index is 12.8. The minimum absolute atomic E-state index is 0.110. The lowest BCUT2D eigenvalue weighted by Gasteiger charge is -2.33. The Morgan fingerprint density at radius 2 is 1.71 bits per heavy atom. The minimum atomic E-state index is -3.64. The van der Waals surface area contributed by atoms with Crippen LogP contribution >= 0.6 is 23.2 Å². The van der Waals surface area contributed by atoms with Crippen molar-refractivity contribution in [2.75, 3.05) is 38.0 Å². The lowest BCUT2D eigenvalue weighted by atomic mass is 10.2. The summed E-state index contributed by atoms with van der Waals surface area (Å²) in [4.78, 5) is 14.3. The Bertz CT molecular complexity index is 974. The molecule has 28 heavy (non-hydrogen) atoms. The van der Waals surface area contributed by atoms with Crippen LogP contribution in [0.25, 0.3) is 0 Å². The zero-order chi connectivity index (χ0) is 20.3. The average Bonchev–Trinajstić information content (AvgIpc) is 2.65. The lowest BCUT2D eigenvalue weighted by molar-refractivity contribution is -0.117. The predicted octanol–water partition coefficient (Wildman–Crippen LogP) is 3.25. The van der Waals surface area contributed by atoms with Crippen LogP contribution in [0.5, 0.6) is 0 Å². The van der Waals surface area contributed by atoms with Crippen LogP contribution in [0.1, 0.15) is 5.56 Å². The van der Waals surface area contributed by atoms with Crippen molar-refractivity contribution in [3.63, 3.8) is 0 Å². The van der Waals surface area contributed by atoms with E-state index in [-0.39, 0.29) is 22.4 Å². The third-order valence-corrected chi connectivity index (χ3v) is 7.41. The highest BCUT2D eigenvalue weighted by atomic mass is 35.5. The molecule has 2 aromatic carbocycles. The molecule has 6 nitrogen and oxygen atoms in total. The first kappa shape index (κ1) is 21.1. The number of piperazine rings is 1. The van der Waals surface area contributed by atoms with Crippen LogP contribution in [-0.4, -0.2) is 56.3 Å². The summed E-state index contributed by atoms with van der Waals surface area (Å²) in [7, 11) is -3.64. The number of benzene rings is 2. The first-order valence-corrected chi connectivity index (χ1v) is 11.0. The summed E-state index contributed by atoms with van der Waals surface area (Å²) in [6, 6.07) is 11.8. The summed E-state index contributed by atoms with van der Waals surface area (Å²) in [5, 5.41) is 3.62. The molecule has 0 atom stereocenters. The maximum Gasteiger partial charge on any atom is 0.244 e. The Hall–Kier alpha value is -1.64. The summed E-state index contributed by atoms with van der Waals surface area (Å²) in [6.07, 6.45) is 0. The molecule has 1 heterocycles. The van der Waals surface area contributed by atoms with E-state index < -0.39 is 10.0 Å². The molecule has 0 unspecified atom stereocenters. The second-order valence-corrected chi connectivity index (χ2v) is 9.34. The number of anilines is 1. The number of nitrogens with one attached hydrogen (secondary N) is 1. The van der Waals surface area contributed by atoms with E-state index in [1.54, 1.807) is 30.3 Å². The largest absolute Gasteiger partial charge is 0.325 e. The van der Waals surface area contributed by atoms with Gasteiger partial charge in [-0.05, 0) is 36.8 Å². The molecule has 0 saturated carbocycles. The van der Waals surface area contributed by atoms with Crippen LogP contribution in [0.4, 0.5) is 5.69 Å². The summed E-state index contributed by atoms with van der Waals surface area (Å²) in [5.41, 5.74) is 1.58. The second-order valence-electron chi connectivity index (χ2n) is 6.62. The predicted molar refractivity (Wildman–Crippen MR) is 111 cm³/mol. The molecule has 1 amide bonds. The Labute approximate surface area is 175 Å². The zero-order valence-electron chi connectivity index (χ0n) is 15.4. The van der Waals surface area contributed by atoms with Gasteiger partial charge in [-0.25, -0.2) is 8.42 Å². The van der Waals surface area contributed by atoms with Crippen LogP contribution in [0, 0.1) is 6.92 Å². The van der Waals surface area contributed by atoms with Crippen molar-refractivity contribution in [3.8, 4) is 0 Å². The number of amides is 1. The fourth-order valence-electron chi connectivity index (χ4n) is 3.00. The number of rotatable bonds is 5. The van der Waals surface area contributed by atoms with E-state index in [1.807, 2.05) is 17.9 Å². The second kappa shape index (κ2) is 8.80. The monoisotopic (exact) mass is 441 g/mol. The normalized spacial score (nSPS) is 16.1. The van der Waals surface area contributed by atoms with Gasteiger partial charge in [0.25, 0.3) is 0 Å². The van der Waals surface area contributed by atoms with Crippen molar-refractivity contribution < 1.29 is 13.2 Å². The van der Waals surface area contributed by atoms with Crippen molar-refractivity contribution in [1.82, 2.24) is 9.21 Å². The number of sulfonamides is 1. The molecule has 150 valence electrons. The number of hydrogen-bond acceptors (Lipinski definition) is 4. The van der Waals surface area contributed by atoms with Gasteiger partial charge in [-0.3, -0.25) is 9.69 Å². The van der Waals surface area contributed by atoms with E-state index in [0.29, 0.717) is 36.9 Å². The molecule has 1 saturated heterocycles. The third kappa shape index (κ3) is 4.85. The minimum Gasteiger partial charge on any atom is -0.325 e. The van der Waals surface area contributed by atoms with Crippen LogP contribution in [0.3, 0.4) is 0 Å². The molecule has 1 fully saturated rings. The van der Waals surface area contributed by atoms with Gasteiger partial charge in [0.1, 0.15) is 4.90 Å². The molecule has 0 spiro atoms. The summed E-state index contributed by atoms with van der Waals surface area (Å²) >= 11 is 12.1. The lowest BCUT2D eigenvalue weighted by Crippen LogP contribution is -2.50. The number of nitrogens with zero attached hydrogens (tertiary/aromatic N) is 2. The third-order valence-electron chi connectivity index (χ3n) is 4.61. The topological polar surface area (TPSA) is 69.7 Å². The molecule has 0 radical (unpaired) electrons. The van der Waals surface area contributed by atoms with Gasteiger partial charge in [0, 0.05) is 36.9 Å². The average molecular weight is 442 g/mol. The molecule has 1 aliphatic heterocycles. The molecule has 1 aliphatic rings. The van der Waals surface area contributed by atoms with E-state index in [2.05, 4.69) is 5.32 Å². The van der Waals surface area contributed by atoms with E-state index >= 15 is 0 Å². The van der Waals surface area contributed by atoms with Gasteiger partial charge in [-0.1, -0.05) is 41.4 Å². The highest BCUT2D eigenvalue weighted by Crippen LogP contribution is 2.25. The molecule has 2 aromatic rings. The summed E-state index contributed by atoms with van der Waals surface area (Å²) in [5.74, 6) is -0.165. The zero-order valence-corrected chi connectivity index (χ0v) is 17.7. The number of halogens is 2. The Morgan fingerprint density at radius 3 is 2.36 bits per heavy atom. The van der Waals surface area contributed by atoms with Crippen molar-refractivity contribution in [2.45, 2.75) is 11.8 Å². The Balaban J connectivity index is 1.56. The highest BCUT2D eigenvalue weighted by molar-refractivity contribution is 7.89. The summed E-state index contributed by atoms with van der Waals surface area (Å²) in [6.45, 7) is 3.61. The Kier molecular flexibility index (Phi) is 6.62.